The highest BCUT2D eigenvalue weighted by Crippen LogP contribution is 2.44. The molecule has 1 atom stereocenters. The van der Waals surface area contributed by atoms with E-state index in [0.717, 1.165) is 71.9 Å². The number of carbonyl (C=O) groups excluding carboxylic acids is 2. The maximum absolute atomic E-state index is 13.5. The predicted molar refractivity (Wildman–Crippen MR) is 277 cm³/mol. The summed E-state index contributed by atoms with van der Waals surface area (Å²) in [4.78, 5) is 26.9. The first-order valence-corrected chi connectivity index (χ1v) is 26.9. The fraction of sp³-hybridized carbons (Fsp3) is 0.763. The summed E-state index contributed by atoms with van der Waals surface area (Å²) in [6, 6.07) is 8.19. The average Bonchev–Trinajstić information content (AvgIpc) is 3.29. The van der Waals surface area contributed by atoms with Gasteiger partial charge in [0.25, 0.3) is 0 Å². The van der Waals surface area contributed by atoms with Crippen molar-refractivity contribution in [1.82, 2.24) is 0 Å². The molecule has 0 aliphatic heterocycles. The van der Waals surface area contributed by atoms with Crippen LogP contribution in [-0.4, -0.2) is 48.1 Å². The topological polar surface area (TPSA) is 102 Å². The van der Waals surface area contributed by atoms with Crippen LogP contribution in [0.3, 0.4) is 0 Å². The number of ether oxygens (including phenoxy) is 3. The van der Waals surface area contributed by atoms with E-state index in [1.807, 2.05) is 24.3 Å². The molecule has 0 saturated carbocycles. The molecule has 7 nitrogen and oxygen atoms in total. The minimum absolute atomic E-state index is 0.0791. The van der Waals surface area contributed by atoms with Gasteiger partial charge in [-0.3, -0.25) is 9.59 Å². The third kappa shape index (κ3) is 20.3. The van der Waals surface area contributed by atoms with Crippen molar-refractivity contribution in [3.63, 3.8) is 0 Å². The van der Waals surface area contributed by atoms with Crippen LogP contribution >= 0.6 is 0 Å². The van der Waals surface area contributed by atoms with Crippen molar-refractivity contribution >= 4 is 11.9 Å². The fourth-order valence-corrected chi connectivity index (χ4v) is 8.58. The molecule has 0 fully saturated rings. The quantitative estimate of drug-likeness (QED) is 0.0518. The van der Waals surface area contributed by atoms with Gasteiger partial charge in [0.1, 0.15) is 18.1 Å². The Balaban J connectivity index is 2.04. The number of phenolic OH excluding ortho intramolecular Hbond substituents is 2. The molecule has 0 saturated heterocycles. The minimum atomic E-state index is -0.728. The van der Waals surface area contributed by atoms with E-state index >= 15 is 0 Å². The van der Waals surface area contributed by atoms with E-state index in [-0.39, 0.29) is 59.7 Å². The van der Waals surface area contributed by atoms with E-state index < -0.39 is 6.10 Å². The smallest absolute Gasteiger partial charge is 0.306 e. The first-order chi connectivity index (χ1) is 31.2. The molecule has 0 radical (unpaired) electrons. The second kappa shape index (κ2) is 29.7. The molecule has 0 aliphatic rings. The SMILES string of the molecule is CCCCCCCCCCCCCCCCCCOCC(COC(=O)CCc1cc(C(C)(C)CC)c(O)c(C(C)(C)CC)c1)OC(=O)CCc1cc(C(C)(C)CC)c(O)c(C(C)(C)CC)c1. The van der Waals surface area contributed by atoms with Crippen molar-refractivity contribution in [1.29, 1.82) is 0 Å². The third-order valence-corrected chi connectivity index (χ3v) is 15.2. The molecule has 66 heavy (non-hydrogen) atoms. The van der Waals surface area contributed by atoms with Crippen molar-refractivity contribution in [3.05, 3.63) is 57.6 Å². The van der Waals surface area contributed by atoms with Gasteiger partial charge >= 0.3 is 11.9 Å². The van der Waals surface area contributed by atoms with E-state index in [1.165, 1.54) is 89.9 Å². The van der Waals surface area contributed by atoms with Crippen LogP contribution in [0.15, 0.2) is 24.3 Å². The molecule has 2 rings (SSSR count). The number of rotatable bonds is 36. The molecule has 0 aliphatic carbocycles. The van der Waals surface area contributed by atoms with E-state index in [1.54, 1.807) is 0 Å². The summed E-state index contributed by atoms with van der Waals surface area (Å²) in [5, 5.41) is 22.9. The number of aryl methyl sites for hydroxylation is 2. The predicted octanol–water partition coefficient (Wildman–Crippen LogP) is 16.1. The zero-order chi connectivity index (χ0) is 49.4. The Kier molecular flexibility index (Phi) is 26.6. The molecule has 2 aromatic carbocycles. The van der Waals surface area contributed by atoms with Gasteiger partial charge in [0.05, 0.1) is 6.61 Å². The monoisotopic (exact) mass is 921 g/mol. The van der Waals surface area contributed by atoms with Gasteiger partial charge in [0, 0.05) is 41.7 Å². The normalized spacial score (nSPS) is 13.0. The van der Waals surface area contributed by atoms with Crippen LogP contribution in [0.2, 0.25) is 0 Å². The zero-order valence-corrected chi connectivity index (χ0v) is 44.9. The Morgan fingerprint density at radius 3 is 1.12 bits per heavy atom. The van der Waals surface area contributed by atoms with Crippen LogP contribution < -0.4 is 0 Å². The van der Waals surface area contributed by atoms with E-state index in [2.05, 4.69) is 90.0 Å². The molecule has 0 amide bonds. The van der Waals surface area contributed by atoms with Gasteiger partial charge in [0.2, 0.25) is 0 Å². The molecule has 2 aromatic rings. The molecule has 0 aromatic heterocycles. The third-order valence-electron chi connectivity index (χ3n) is 15.2. The van der Waals surface area contributed by atoms with Gasteiger partial charge in [-0.05, 0) is 77.7 Å². The molecule has 7 heteroatoms. The van der Waals surface area contributed by atoms with Crippen molar-refractivity contribution < 1.29 is 34.0 Å². The second-order valence-electron chi connectivity index (χ2n) is 22.2. The van der Waals surface area contributed by atoms with E-state index in [4.69, 9.17) is 14.2 Å². The first-order valence-electron chi connectivity index (χ1n) is 26.9. The van der Waals surface area contributed by atoms with Crippen LogP contribution in [0.1, 0.15) is 265 Å². The molecule has 1 unspecified atom stereocenters. The summed E-state index contributed by atoms with van der Waals surface area (Å²) < 4.78 is 17.9. The summed E-state index contributed by atoms with van der Waals surface area (Å²) in [6.45, 7) is 28.6. The Bertz CT molecular complexity index is 1630. The lowest BCUT2D eigenvalue weighted by Crippen LogP contribution is -2.30. The summed E-state index contributed by atoms with van der Waals surface area (Å²) in [7, 11) is 0. The Labute approximate surface area is 405 Å². The van der Waals surface area contributed by atoms with Crippen LogP contribution in [0.4, 0.5) is 0 Å². The Morgan fingerprint density at radius 2 is 0.788 bits per heavy atom. The number of phenols is 2. The lowest BCUT2D eigenvalue weighted by molar-refractivity contribution is -0.162. The lowest BCUT2D eigenvalue weighted by Gasteiger charge is -2.31. The van der Waals surface area contributed by atoms with Crippen LogP contribution in [0.5, 0.6) is 11.5 Å². The van der Waals surface area contributed by atoms with Crippen molar-refractivity contribution in [2.75, 3.05) is 19.8 Å². The van der Waals surface area contributed by atoms with Crippen LogP contribution in [-0.2, 0) is 58.3 Å². The van der Waals surface area contributed by atoms with Gasteiger partial charge in [-0.2, -0.15) is 0 Å². The first kappa shape index (κ1) is 59.1. The largest absolute Gasteiger partial charge is 0.507 e. The molecule has 0 spiro atoms. The molecule has 378 valence electrons. The number of aromatic hydroxyl groups is 2. The maximum atomic E-state index is 13.5. The van der Waals surface area contributed by atoms with Crippen molar-refractivity contribution in [3.8, 4) is 11.5 Å². The van der Waals surface area contributed by atoms with Crippen LogP contribution in [0.25, 0.3) is 0 Å². The summed E-state index contributed by atoms with van der Waals surface area (Å²) in [5.74, 6) is -0.0332. The van der Waals surface area contributed by atoms with Crippen LogP contribution in [0, 0.1) is 0 Å². The zero-order valence-electron chi connectivity index (χ0n) is 44.9. The van der Waals surface area contributed by atoms with Crippen molar-refractivity contribution in [2.45, 2.75) is 272 Å². The molecule has 0 bridgehead atoms. The Hall–Kier alpha value is -3.06. The number of carbonyl (C=O) groups is 2. The second-order valence-corrected chi connectivity index (χ2v) is 22.2. The van der Waals surface area contributed by atoms with Gasteiger partial charge < -0.3 is 24.4 Å². The highest BCUT2D eigenvalue weighted by molar-refractivity contribution is 5.71. The summed E-state index contributed by atoms with van der Waals surface area (Å²) in [5.41, 5.74) is 4.68. The molecule has 0 heterocycles. The molecule has 2 N–H and O–H groups in total. The highest BCUT2D eigenvalue weighted by Gasteiger charge is 2.31. The van der Waals surface area contributed by atoms with Gasteiger partial charge in [-0.15, -0.1) is 0 Å². The van der Waals surface area contributed by atoms with E-state index in [9.17, 15) is 19.8 Å². The van der Waals surface area contributed by atoms with Gasteiger partial charge in [-0.1, -0.05) is 211 Å². The highest BCUT2D eigenvalue weighted by atomic mass is 16.6. The molecular formula is C59H100O7. The fourth-order valence-electron chi connectivity index (χ4n) is 8.58. The van der Waals surface area contributed by atoms with E-state index in [0.29, 0.717) is 30.9 Å². The number of benzene rings is 2. The minimum Gasteiger partial charge on any atom is -0.507 e. The molecular weight excluding hydrogens is 821 g/mol. The number of unbranched alkanes of at least 4 members (excludes halogenated alkanes) is 15. The number of hydrogen-bond acceptors (Lipinski definition) is 7. The number of esters is 2. The average molecular weight is 921 g/mol. The standard InChI is InChI=1S/C59H100O7/c1-14-19-20-21-22-23-24-25-26-27-28-29-30-31-32-33-38-64-43-47(66-53(61)37-35-46-41-50(58(10,11)17-4)55(63)51(42-46)59(12,13)18-5)44-65-52(60)36-34-45-39-48(56(6,7)15-2)54(62)49(40-45)57(8,9)16-3/h39-42,47,62-63H,14-38,43-44H2,1-13H3. The van der Waals surface area contributed by atoms with Gasteiger partial charge in [0.15, 0.2) is 6.10 Å². The summed E-state index contributed by atoms with van der Waals surface area (Å²) >= 11 is 0. The summed E-state index contributed by atoms with van der Waals surface area (Å²) in [6.07, 6.45) is 24.9. The maximum Gasteiger partial charge on any atom is 0.306 e. The van der Waals surface area contributed by atoms with Gasteiger partial charge in [-0.25, -0.2) is 0 Å². The lowest BCUT2D eigenvalue weighted by atomic mass is 9.74. The number of hydrogen-bond donors (Lipinski definition) is 2. The van der Waals surface area contributed by atoms with Crippen molar-refractivity contribution in [2.24, 2.45) is 0 Å². The Morgan fingerprint density at radius 1 is 0.470 bits per heavy atom.